The van der Waals surface area contributed by atoms with Crippen molar-refractivity contribution in [3.05, 3.63) is 30.0 Å². The summed E-state index contributed by atoms with van der Waals surface area (Å²) in [5.74, 6) is 0.120. The van der Waals surface area contributed by atoms with Crippen LogP contribution in [0.4, 0.5) is 5.82 Å². The summed E-state index contributed by atoms with van der Waals surface area (Å²) in [6, 6.07) is 8.10. The molecule has 0 spiro atoms. The van der Waals surface area contributed by atoms with Gasteiger partial charge in [0.25, 0.3) is 0 Å². The number of nitrogens with zero attached hydrogens (tertiary/aromatic N) is 3. The van der Waals surface area contributed by atoms with Crippen LogP contribution in [0.5, 0.6) is 0 Å². The number of hydrogen-bond donors (Lipinski definition) is 2. The lowest BCUT2D eigenvalue weighted by Crippen LogP contribution is -2.35. The summed E-state index contributed by atoms with van der Waals surface area (Å²) in [4.78, 5) is 14.3. The van der Waals surface area contributed by atoms with E-state index in [1.54, 1.807) is 11.3 Å². The number of para-hydroxylation sites is 1. The van der Waals surface area contributed by atoms with E-state index in [0.717, 1.165) is 38.7 Å². The predicted molar refractivity (Wildman–Crippen MR) is 124 cm³/mol. The minimum atomic E-state index is -0.662. The topological polar surface area (TPSA) is 89.4 Å². The summed E-state index contributed by atoms with van der Waals surface area (Å²) in [5, 5.41) is 15.1. The number of hydrogen-bond acceptors (Lipinski definition) is 9. The van der Waals surface area contributed by atoms with Crippen LogP contribution in [-0.2, 0) is 9.47 Å². The molecule has 5 rings (SSSR count). The molecule has 4 unspecified atom stereocenters. The van der Waals surface area contributed by atoms with Gasteiger partial charge < -0.3 is 19.9 Å². The van der Waals surface area contributed by atoms with Crippen molar-refractivity contribution in [3.8, 4) is 10.6 Å². The lowest BCUT2D eigenvalue weighted by atomic mass is 10.1. The highest BCUT2D eigenvalue weighted by molar-refractivity contribution is 7.98. The molecule has 0 amide bonds. The fourth-order valence-corrected chi connectivity index (χ4v) is 6.03. The van der Waals surface area contributed by atoms with Crippen LogP contribution in [0.3, 0.4) is 0 Å². The minimum Gasteiger partial charge on any atom is -0.396 e. The zero-order valence-corrected chi connectivity index (χ0v) is 19.6. The third-order valence-electron chi connectivity index (χ3n) is 5.90. The van der Waals surface area contributed by atoms with Crippen LogP contribution >= 0.6 is 23.1 Å². The molecule has 1 aromatic carbocycles. The Bertz CT molecular complexity index is 1090. The maximum absolute atomic E-state index is 9.91. The number of ether oxygens (including phenoxy) is 2. The van der Waals surface area contributed by atoms with Crippen LogP contribution in [0.15, 0.2) is 29.4 Å². The molecule has 1 aliphatic carbocycles. The number of aryl methyl sites for hydroxylation is 1. The van der Waals surface area contributed by atoms with E-state index in [4.69, 9.17) is 19.4 Å². The number of rotatable bonds is 5. The van der Waals surface area contributed by atoms with Gasteiger partial charge in [-0.25, -0.2) is 15.0 Å². The lowest BCUT2D eigenvalue weighted by Gasteiger charge is -2.24. The summed E-state index contributed by atoms with van der Waals surface area (Å²) in [5.41, 5.74) is 2.77. The molecule has 9 heteroatoms. The summed E-state index contributed by atoms with van der Waals surface area (Å²) in [6.45, 7) is 5.91. The highest BCUT2D eigenvalue weighted by Gasteiger charge is 2.54. The van der Waals surface area contributed by atoms with Gasteiger partial charge in [0.15, 0.2) is 10.9 Å². The van der Waals surface area contributed by atoms with Crippen molar-refractivity contribution in [2.75, 3.05) is 18.2 Å². The number of aliphatic hydroxyl groups is 1. The molecular formula is C22H26N4O3S2. The van der Waals surface area contributed by atoms with Gasteiger partial charge in [-0.1, -0.05) is 23.9 Å². The van der Waals surface area contributed by atoms with E-state index in [2.05, 4.69) is 16.4 Å². The van der Waals surface area contributed by atoms with Crippen LogP contribution in [0.2, 0.25) is 0 Å². The molecule has 31 heavy (non-hydrogen) atoms. The normalized spacial score (nSPS) is 27.0. The second-order valence-corrected chi connectivity index (χ2v) is 10.3. The zero-order chi connectivity index (χ0) is 21.8. The fraction of sp³-hybridized carbons (Fsp3) is 0.500. The molecule has 2 N–H and O–H groups in total. The van der Waals surface area contributed by atoms with Gasteiger partial charge in [-0.15, -0.1) is 11.3 Å². The molecule has 4 atom stereocenters. The number of benzene rings is 1. The number of thioether (sulfide) groups is 1. The SMILES string of the molecule is CSc1nc(C)c(-c2nc3ccccc3s2)c(NC2CC(CO)C3OC(C)(C)OC23)n1. The van der Waals surface area contributed by atoms with Crippen LogP contribution in [-0.4, -0.2) is 57.0 Å². The Kier molecular flexibility index (Phi) is 5.42. The standard InChI is InChI=1S/C22H26N4O3S2/c1-11-16(20-25-13-7-5-6-8-15(13)31-20)19(26-21(23-11)30-4)24-14-9-12(10-27)17-18(14)29-22(2,3)28-17/h5-8,12,14,17-18,27H,9-10H2,1-4H3,(H,23,24,26). The van der Waals surface area contributed by atoms with Crippen molar-refractivity contribution in [1.29, 1.82) is 0 Å². The third-order valence-corrected chi connectivity index (χ3v) is 7.50. The molecule has 164 valence electrons. The minimum absolute atomic E-state index is 0.0260. The first kappa shape index (κ1) is 21.1. The van der Waals surface area contributed by atoms with Gasteiger partial charge in [-0.3, -0.25) is 0 Å². The van der Waals surface area contributed by atoms with Gasteiger partial charge in [0, 0.05) is 12.5 Å². The first-order valence-corrected chi connectivity index (χ1v) is 12.4. The number of thiazole rings is 1. The van der Waals surface area contributed by atoms with Gasteiger partial charge in [0.2, 0.25) is 0 Å². The smallest absolute Gasteiger partial charge is 0.189 e. The Labute approximate surface area is 189 Å². The molecule has 0 radical (unpaired) electrons. The van der Waals surface area contributed by atoms with Crippen molar-refractivity contribution in [2.24, 2.45) is 5.92 Å². The number of fused-ring (bicyclic) bond motifs is 2. The van der Waals surface area contributed by atoms with Crippen molar-refractivity contribution in [2.45, 2.75) is 56.4 Å². The lowest BCUT2D eigenvalue weighted by molar-refractivity contribution is -0.158. The van der Waals surface area contributed by atoms with Gasteiger partial charge in [0.05, 0.1) is 33.6 Å². The average Bonchev–Trinajstić information content (AvgIpc) is 3.38. The monoisotopic (exact) mass is 458 g/mol. The van der Waals surface area contributed by atoms with E-state index in [1.807, 2.05) is 45.2 Å². The number of aliphatic hydroxyl groups excluding tert-OH is 1. The zero-order valence-electron chi connectivity index (χ0n) is 18.0. The molecule has 2 fully saturated rings. The van der Waals surface area contributed by atoms with Crippen LogP contribution in [0.1, 0.15) is 26.0 Å². The first-order chi connectivity index (χ1) is 14.9. The molecule has 3 heterocycles. The Balaban J connectivity index is 1.55. The van der Waals surface area contributed by atoms with Crippen molar-refractivity contribution in [1.82, 2.24) is 15.0 Å². The van der Waals surface area contributed by atoms with Crippen molar-refractivity contribution >= 4 is 39.1 Å². The van der Waals surface area contributed by atoms with E-state index in [-0.39, 0.29) is 30.8 Å². The maximum atomic E-state index is 9.91. The summed E-state index contributed by atoms with van der Waals surface area (Å²) >= 11 is 3.15. The van der Waals surface area contributed by atoms with Crippen LogP contribution < -0.4 is 5.32 Å². The van der Waals surface area contributed by atoms with Gasteiger partial charge >= 0.3 is 0 Å². The highest BCUT2D eigenvalue weighted by atomic mass is 32.2. The highest BCUT2D eigenvalue weighted by Crippen LogP contribution is 2.44. The molecule has 1 aliphatic heterocycles. The van der Waals surface area contributed by atoms with Gasteiger partial charge in [-0.05, 0) is 45.6 Å². The number of nitrogens with one attached hydrogen (secondary N) is 1. The third kappa shape index (κ3) is 3.82. The average molecular weight is 459 g/mol. The molecule has 1 saturated carbocycles. The Hall–Kier alpha value is -1.78. The van der Waals surface area contributed by atoms with Gasteiger partial charge in [-0.2, -0.15) is 0 Å². The first-order valence-electron chi connectivity index (χ1n) is 10.4. The van der Waals surface area contributed by atoms with Crippen molar-refractivity contribution in [3.63, 3.8) is 0 Å². The molecule has 3 aromatic rings. The quantitative estimate of drug-likeness (QED) is 0.436. The van der Waals surface area contributed by atoms with Crippen molar-refractivity contribution < 1.29 is 14.6 Å². The predicted octanol–water partition coefficient (Wildman–Crippen LogP) is 4.10. The molecular weight excluding hydrogens is 432 g/mol. The fourth-order valence-electron chi connectivity index (χ4n) is 4.56. The number of aromatic nitrogens is 3. The number of anilines is 1. The summed E-state index contributed by atoms with van der Waals surface area (Å²) in [7, 11) is 0. The van der Waals surface area contributed by atoms with E-state index in [1.165, 1.54) is 11.8 Å². The second-order valence-electron chi connectivity index (χ2n) is 8.50. The van der Waals surface area contributed by atoms with Gasteiger partial charge in [0.1, 0.15) is 16.9 Å². The van der Waals surface area contributed by atoms with Crippen LogP contribution in [0, 0.1) is 12.8 Å². The summed E-state index contributed by atoms with van der Waals surface area (Å²) < 4.78 is 13.4. The van der Waals surface area contributed by atoms with E-state index in [9.17, 15) is 5.11 Å². The molecule has 0 bridgehead atoms. The van der Waals surface area contributed by atoms with E-state index in [0.29, 0.717) is 5.16 Å². The second kappa shape index (κ2) is 7.97. The Morgan fingerprint density at radius 2 is 1.97 bits per heavy atom. The van der Waals surface area contributed by atoms with E-state index < -0.39 is 5.79 Å². The molecule has 2 aromatic heterocycles. The molecule has 2 aliphatic rings. The molecule has 7 nitrogen and oxygen atoms in total. The molecule has 1 saturated heterocycles. The maximum Gasteiger partial charge on any atom is 0.189 e. The summed E-state index contributed by atoms with van der Waals surface area (Å²) in [6.07, 6.45) is 2.44. The Morgan fingerprint density at radius 1 is 1.19 bits per heavy atom. The van der Waals surface area contributed by atoms with Crippen LogP contribution in [0.25, 0.3) is 20.8 Å². The Morgan fingerprint density at radius 3 is 2.71 bits per heavy atom. The van der Waals surface area contributed by atoms with E-state index >= 15 is 0 Å². The largest absolute Gasteiger partial charge is 0.396 e.